The quantitative estimate of drug-likeness (QED) is 0.730. The third-order valence-electron chi connectivity index (χ3n) is 3.20. The van der Waals surface area contributed by atoms with Crippen LogP contribution in [0.2, 0.25) is 0 Å². The summed E-state index contributed by atoms with van der Waals surface area (Å²) in [5.41, 5.74) is 2.41. The van der Waals surface area contributed by atoms with Crippen LogP contribution >= 0.6 is 0 Å². The number of ether oxygens (including phenoxy) is 2. The summed E-state index contributed by atoms with van der Waals surface area (Å²) in [6, 6.07) is 5.58. The topological polar surface area (TPSA) is 18.5 Å². The molecule has 0 saturated heterocycles. The van der Waals surface area contributed by atoms with Gasteiger partial charge in [-0.2, -0.15) is 6.07 Å². The lowest BCUT2D eigenvalue weighted by atomic mass is 9.79. The minimum Gasteiger partial charge on any atom is -0.519 e. The van der Waals surface area contributed by atoms with Gasteiger partial charge < -0.3 is 9.47 Å². The van der Waals surface area contributed by atoms with Crippen molar-refractivity contribution in [3.8, 4) is 11.5 Å². The minimum absolute atomic E-state index is 0.0196. The monoisotopic (exact) mass is 277 g/mol. The second kappa shape index (κ2) is 6.07. The first kappa shape index (κ1) is 16.9. The van der Waals surface area contributed by atoms with Gasteiger partial charge in [0.05, 0.1) is 13.2 Å². The molecule has 1 aromatic carbocycles. The van der Waals surface area contributed by atoms with E-state index in [0.29, 0.717) is 13.2 Å². The van der Waals surface area contributed by atoms with Crippen molar-refractivity contribution in [2.75, 3.05) is 13.2 Å². The van der Waals surface area contributed by atoms with Crippen LogP contribution in [0.25, 0.3) is 0 Å². The third-order valence-corrected chi connectivity index (χ3v) is 3.20. The standard InChI is InChI=1S/C18H29O2/c1-9-19-15-12-16(20-10-2)14(18(6,7)8)11-13(15)17(3,4)5/h11H,9-10H2,1-8H3/q-1. The van der Waals surface area contributed by atoms with Crippen LogP contribution in [0.5, 0.6) is 11.5 Å². The lowest BCUT2D eigenvalue weighted by Gasteiger charge is -2.36. The van der Waals surface area contributed by atoms with Gasteiger partial charge in [0.1, 0.15) is 0 Å². The molecule has 0 saturated carbocycles. The zero-order valence-electron chi connectivity index (χ0n) is 14.3. The maximum absolute atomic E-state index is 5.78. The van der Waals surface area contributed by atoms with E-state index >= 15 is 0 Å². The smallest absolute Gasteiger partial charge is 0.0822 e. The molecule has 2 nitrogen and oxygen atoms in total. The summed E-state index contributed by atoms with van der Waals surface area (Å²) >= 11 is 0. The van der Waals surface area contributed by atoms with E-state index in [2.05, 4.69) is 53.7 Å². The van der Waals surface area contributed by atoms with Crippen molar-refractivity contribution in [2.45, 2.75) is 66.2 Å². The molecule has 0 spiro atoms. The highest BCUT2D eigenvalue weighted by Gasteiger charge is 2.19. The Morgan fingerprint density at radius 3 is 1.40 bits per heavy atom. The van der Waals surface area contributed by atoms with Crippen LogP contribution in [0.3, 0.4) is 0 Å². The Bertz CT molecular complexity index is 408. The van der Waals surface area contributed by atoms with Crippen molar-refractivity contribution in [2.24, 2.45) is 0 Å². The van der Waals surface area contributed by atoms with Crippen LogP contribution in [-0.2, 0) is 10.8 Å². The molecule has 0 unspecified atom stereocenters. The molecule has 0 atom stereocenters. The molecule has 0 aliphatic heterocycles. The highest BCUT2D eigenvalue weighted by molar-refractivity contribution is 5.50. The van der Waals surface area contributed by atoms with E-state index in [-0.39, 0.29) is 10.8 Å². The van der Waals surface area contributed by atoms with E-state index in [4.69, 9.17) is 9.47 Å². The van der Waals surface area contributed by atoms with Crippen LogP contribution in [-0.4, -0.2) is 13.2 Å². The fraction of sp³-hybridized carbons (Fsp3) is 0.667. The Hall–Kier alpha value is -1.18. The largest absolute Gasteiger partial charge is 0.519 e. The number of rotatable bonds is 4. The average molecular weight is 277 g/mol. The molecule has 0 amide bonds. The normalized spacial score (nSPS) is 12.4. The summed E-state index contributed by atoms with van der Waals surface area (Å²) in [5, 5.41) is 0. The van der Waals surface area contributed by atoms with E-state index < -0.39 is 0 Å². The molecule has 2 heteroatoms. The summed E-state index contributed by atoms with van der Waals surface area (Å²) in [5.74, 6) is 1.63. The van der Waals surface area contributed by atoms with Crippen LogP contribution in [0.1, 0.15) is 66.5 Å². The molecular formula is C18H29O2-. The van der Waals surface area contributed by atoms with Crippen LogP contribution in [0.4, 0.5) is 0 Å². The van der Waals surface area contributed by atoms with Crippen LogP contribution in [0, 0.1) is 6.07 Å². The van der Waals surface area contributed by atoms with Crippen molar-refractivity contribution in [3.63, 3.8) is 0 Å². The highest BCUT2D eigenvalue weighted by atomic mass is 16.5. The van der Waals surface area contributed by atoms with E-state index in [1.54, 1.807) is 0 Å². The average Bonchev–Trinajstić information content (AvgIpc) is 2.26. The van der Waals surface area contributed by atoms with Crippen molar-refractivity contribution >= 4 is 0 Å². The highest BCUT2D eigenvalue weighted by Crippen LogP contribution is 2.40. The molecule has 0 aliphatic rings. The van der Waals surface area contributed by atoms with Gasteiger partial charge in [0, 0.05) is 11.5 Å². The summed E-state index contributed by atoms with van der Waals surface area (Å²) < 4.78 is 11.6. The molecular weight excluding hydrogens is 248 g/mol. The van der Waals surface area contributed by atoms with Crippen LogP contribution < -0.4 is 9.47 Å². The summed E-state index contributed by atoms with van der Waals surface area (Å²) in [6.45, 7) is 18.5. The van der Waals surface area contributed by atoms with Gasteiger partial charge in [-0.25, -0.2) is 0 Å². The predicted molar refractivity (Wildman–Crippen MR) is 85.0 cm³/mol. The maximum atomic E-state index is 5.78. The van der Waals surface area contributed by atoms with E-state index in [0.717, 1.165) is 11.5 Å². The Labute approximate surface area is 124 Å². The maximum Gasteiger partial charge on any atom is 0.0822 e. The van der Waals surface area contributed by atoms with Crippen molar-refractivity contribution in [3.05, 3.63) is 23.3 Å². The Morgan fingerprint density at radius 1 is 0.800 bits per heavy atom. The fourth-order valence-electron chi connectivity index (χ4n) is 2.14. The second-order valence-electron chi connectivity index (χ2n) is 7.12. The molecule has 0 radical (unpaired) electrons. The first-order chi connectivity index (χ1) is 9.11. The molecule has 0 heterocycles. The summed E-state index contributed by atoms with van der Waals surface area (Å²) in [6.07, 6.45) is 0. The molecule has 1 rings (SSSR count). The van der Waals surface area contributed by atoms with Crippen molar-refractivity contribution < 1.29 is 9.47 Å². The fourth-order valence-corrected chi connectivity index (χ4v) is 2.14. The van der Waals surface area contributed by atoms with E-state index in [9.17, 15) is 0 Å². The molecule has 20 heavy (non-hydrogen) atoms. The molecule has 0 fully saturated rings. The first-order valence-electron chi connectivity index (χ1n) is 7.48. The molecule has 0 bridgehead atoms. The predicted octanol–water partition coefficient (Wildman–Crippen LogP) is 4.88. The molecule has 0 aliphatic carbocycles. The summed E-state index contributed by atoms with van der Waals surface area (Å²) in [7, 11) is 0. The lowest BCUT2D eigenvalue weighted by Crippen LogP contribution is -2.19. The number of hydrogen-bond donors (Lipinski definition) is 0. The van der Waals surface area contributed by atoms with Gasteiger partial charge in [-0.3, -0.25) is 0 Å². The van der Waals surface area contributed by atoms with Gasteiger partial charge in [-0.1, -0.05) is 58.4 Å². The summed E-state index contributed by atoms with van der Waals surface area (Å²) in [4.78, 5) is 0. The van der Waals surface area contributed by atoms with Crippen molar-refractivity contribution in [1.29, 1.82) is 0 Å². The Balaban J connectivity index is 3.51. The van der Waals surface area contributed by atoms with E-state index in [1.807, 2.05) is 13.8 Å². The van der Waals surface area contributed by atoms with Gasteiger partial charge in [0.25, 0.3) is 0 Å². The third kappa shape index (κ3) is 3.91. The van der Waals surface area contributed by atoms with Crippen molar-refractivity contribution in [1.82, 2.24) is 0 Å². The second-order valence-corrected chi connectivity index (χ2v) is 7.12. The van der Waals surface area contributed by atoms with Gasteiger partial charge >= 0.3 is 0 Å². The molecule has 1 aromatic rings. The minimum atomic E-state index is 0.0196. The van der Waals surface area contributed by atoms with Gasteiger partial charge in [0.15, 0.2) is 0 Å². The number of benzene rings is 1. The zero-order valence-corrected chi connectivity index (χ0v) is 14.3. The molecule has 0 aromatic heterocycles. The zero-order chi connectivity index (χ0) is 15.6. The number of hydrogen-bond acceptors (Lipinski definition) is 2. The molecule has 114 valence electrons. The lowest BCUT2D eigenvalue weighted by molar-refractivity contribution is 0.309. The van der Waals surface area contributed by atoms with E-state index in [1.165, 1.54) is 11.1 Å². The van der Waals surface area contributed by atoms with Gasteiger partial charge in [-0.05, 0) is 13.8 Å². The first-order valence-corrected chi connectivity index (χ1v) is 7.48. The Kier molecular flexibility index (Phi) is 5.12. The molecule has 0 N–H and O–H groups in total. The Morgan fingerprint density at radius 2 is 1.15 bits per heavy atom. The van der Waals surface area contributed by atoms with Crippen LogP contribution in [0.15, 0.2) is 6.07 Å². The van der Waals surface area contributed by atoms with Gasteiger partial charge in [-0.15, -0.1) is 11.1 Å². The van der Waals surface area contributed by atoms with Gasteiger partial charge in [0.2, 0.25) is 0 Å². The SMILES string of the molecule is CCOc1[c-]c(OCC)c(C(C)(C)C)cc1C(C)(C)C.